The SMILES string of the molecule is Cc1cccc(NNc2ccccc2)n1. The molecule has 2 rings (SSSR count). The fourth-order valence-electron chi connectivity index (χ4n) is 1.27. The molecule has 0 amide bonds. The van der Waals surface area contributed by atoms with Gasteiger partial charge < -0.3 is 0 Å². The van der Waals surface area contributed by atoms with E-state index in [-0.39, 0.29) is 0 Å². The molecule has 0 aliphatic heterocycles. The molecular formula is C12H13N3. The molecule has 2 aromatic rings. The topological polar surface area (TPSA) is 37.0 Å². The zero-order valence-corrected chi connectivity index (χ0v) is 8.57. The van der Waals surface area contributed by atoms with Gasteiger partial charge in [-0.25, -0.2) is 4.98 Å². The van der Waals surface area contributed by atoms with Crippen molar-refractivity contribution in [2.24, 2.45) is 0 Å². The van der Waals surface area contributed by atoms with Gasteiger partial charge in [-0.3, -0.25) is 10.9 Å². The molecule has 0 saturated heterocycles. The number of nitrogens with zero attached hydrogens (tertiary/aromatic N) is 1. The number of rotatable bonds is 3. The monoisotopic (exact) mass is 199 g/mol. The Bertz CT molecular complexity index is 426. The van der Waals surface area contributed by atoms with E-state index in [1.54, 1.807) is 0 Å². The molecule has 0 unspecified atom stereocenters. The summed E-state index contributed by atoms with van der Waals surface area (Å²) in [5.41, 5.74) is 8.13. The maximum Gasteiger partial charge on any atom is 0.144 e. The van der Waals surface area contributed by atoms with Crippen LogP contribution in [0.3, 0.4) is 0 Å². The van der Waals surface area contributed by atoms with Gasteiger partial charge in [0.15, 0.2) is 0 Å². The normalized spacial score (nSPS) is 9.67. The van der Waals surface area contributed by atoms with Gasteiger partial charge in [-0.15, -0.1) is 0 Å². The molecule has 0 atom stereocenters. The minimum atomic E-state index is 0.818. The molecule has 0 spiro atoms. The Kier molecular flexibility index (Phi) is 2.83. The standard InChI is InChI=1S/C12H13N3/c1-10-6-5-9-12(13-10)15-14-11-7-3-2-4-8-11/h2-9,14H,1H3,(H,13,15). The molecular weight excluding hydrogens is 186 g/mol. The van der Waals surface area contributed by atoms with E-state index in [0.29, 0.717) is 0 Å². The van der Waals surface area contributed by atoms with Crippen molar-refractivity contribution in [2.75, 3.05) is 10.9 Å². The van der Waals surface area contributed by atoms with Gasteiger partial charge in [-0.05, 0) is 31.2 Å². The zero-order chi connectivity index (χ0) is 10.5. The number of aryl methyl sites for hydroxylation is 1. The molecule has 3 heteroatoms. The summed E-state index contributed by atoms with van der Waals surface area (Å²) in [6, 6.07) is 15.8. The Labute approximate surface area is 89.1 Å². The number of anilines is 2. The summed E-state index contributed by atoms with van der Waals surface area (Å²) in [4.78, 5) is 4.31. The molecule has 1 heterocycles. The van der Waals surface area contributed by atoms with Crippen molar-refractivity contribution in [3.05, 3.63) is 54.2 Å². The van der Waals surface area contributed by atoms with Crippen LogP contribution in [0.15, 0.2) is 48.5 Å². The largest absolute Gasteiger partial charge is 0.300 e. The summed E-state index contributed by atoms with van der Waals surface area (Å²) < 4.78 is 0. The van der Waals surface area contributed by atoms with Gasteiger partial charge in [0.05, 0.1) is 5.69 Å². The van der Waals surface area contributed by atoms with Gasteiger partial charge in [-0.2, -0.15) is 0 Å². The highest BCUT2D eigenvalue weighted by atomic mass is 15.4. The lowest BCUT2D eigenvalue weighted by Gasteiger charge is -2.08. The van der Waals surface area contributed by atoms with Crippen LogP contribution in [0.4, 0.5) is 11.5 Å². The third kappa shape index (κ3) is 2.71. The van der Waals surface area contributed by atoms with Crippen LogP contribution in [0.5, 0.6) is 0 Å². The average Bonchev–Trinajstić information content (AvgIpc) is 2.28. The first-order valence-corrected chi connectivity index (χ1v) is 4.85. The first kappa shape index (κ1) is 9.52. The summed E-state index contributed by atoms with van der Waals surface area (Å²) in [6.07, 6.45) is 0. The second kappa shape index (κ2) is 4.46. The Hall–Kier alpha value is -2.03. The van der Waals surface area contributed by atoms with Crippen LogP contribution in [-0.4, -0.2) is 4.98 Å². The molecule has 0 aliphatic rings. The Morgan fingerprint density at radius 3 is 2.40 bits per heavy atom. The first-order valence-electron chi connectivity index (χ1n) is 4.85. The fourth-order valence-corrected chi connectivity index (χ4v) is 1.27. The second-order valence-corrected chi connectivity index (χ2v) is 3.28. The lowest BCUT2D eigenvalue weighted by molar-refractivity contribution is 1.18. The van der Waals surface area contributed by atoms with E-state index < -0.39 is 0 Å². The van der Waals surface area contributed by atoms with E-state index >= 15 is 0 Å². The highest BCUT2D eigenvalue weighted by Gasteiger charge is 1.92. The molecule has 0 fully saturated rings. The molecule has 3 nitrogen and oxygen atoms in total. The van der Waals surface area contributed by atoms with E-state index in [9.17, 15) is 0 Å². The summed E-state index contributed by atoms with van der Waals surface area (Å²) in [7, 11) is 0. The highest BCUT2D eigenvalue weighted by molar-refractivity contribution is 5.49. The molecule has 1 aromatic carbocycles. The maximum atomic E-state index is 4.31. The van der Waals surface area contributed by atoms with Crippen LogP contribution < -0.4 is 10.9 Å². The molecule has 76 valence electrons. The zero-order valence-electron chi connectivity index (χ0n) is 8.57. The second-order valence-electron chi connectivity index (χ2n) is 3.28. The molecule has 1 aromatic heterocycles. The minimum Gasteiger partial charge on any atom is -0.300 e. The number of pyridine rings is 1. The van der Waals surface area contributed by atoms with Gasteiger partial charge in [0, 0.05) is 5.69 Å². The van der Waals surface area contributed by atoms with Gasteiger partial charge >= 0.3 is 0 Å². The summed E-state index contributed by atoms with van der Waals surface area (Å²) in [5.74, 6) is 0.818. The summed E-state index contributed by atoms with van der Waals surface area (Å²) >= 11 is 0. The molecule has 0 saturated carbocycles. The Morgan fingerprint density at radius 1 is 0.867 bits per heavy atom. The number of aromatic nitrogens is 1. The molecule has 0 bridgehead atoms. The molecule has 15 heavy (non-hydrogen) atoms. The first-order chi connectivity index (χ1) is 7.34. The van der Waals surface area contributed by atoms with Crippen molar-refractivity contribution in [2.45, 2.75) is 6.92 Å². The van der Waals surface area contributed by atoms with Crippen molar-refractivity contribution < 1.29 is 0 Å². The number of para-hydroxylation sites is 1. The van der Waals surface area contributed by atoms with E-state index in [2.05, 4.69) is 15.8 Å². The van der Waals surface area contributed by atoms with Crippen molar-refractivity contribution in [1.29, 1.82) is 0 Å². The molecule has 0 aliphatic carbocycles. The number of nitrogens with one attached hydrogen (secondary N) is 2. The van der Waals surface area contributed by atoms with E-state index in [4.69, 9.17) is 0 Å². The van der Waals surface area contributed by atoms with Gasteiger partial charge in [0.1, 0.15) is 5.82 Å². The minimum absolute atomic E-state index is 0.818. The fraction of sp³-hybridized carbons (Fsp3) is 0.0833. The number of hydrogen-bond donors (Lipinski definition) is 2. The van der Waals surface area contributed by atoms with Gasteiger partial charge in [0.2, 0.25) is 0 Å². The van der Waals surface area contributed by atoms with Crippen LogP contribution in [0, 0.1) is 6.92 Å². The van der Waals surface area contributed by atoms with Crippen LogP contribution in [-0.2, 0) is 0 Å². The quantitative estimate of drug-likeness (QED) is 0.746. The van der Waals surface area contributed by atoms with Gasteiger partial charge in [0.25, 0.3) is 0 Å². The summed E-state index contributed by atoms with van der Waals surface area (Å²) in [5, 5.41) is 0. The Morgan fingerprint density at radius 2 is 1.67 bits per heavy atom. The molecule has 0 radical (unpaired) electrons. The van der Waals surface area contributed by atoms with Crippen molar-refractivity contribution in [3.63, 3.8) is 0 Å². The van der Waals surface area contributed by atoms with Crippen molar-refractivity contribution in [1.82, 2.24) is 4.98 Å². The Balaban J connectivity index is 1.99. The lowest BCUT2D eigenvalue weighted by atomic mass is 10.3. The van der Waals surface area contributed by atoms with Crippen LogP contribution in [0.2, 0.25) is 0 Å². The van der Waals surface area contributed by atoms with Crippen LogP contribution in [0.25, 0.3) is 0 Å². The summed E-state index contributed by atoms with van der Waals surface area (Å²) in [6.45, 7) is 1.97. The average molecular weight is 199 g/mol. The van der Waals surface area contributed by atoms with Crippen molar-refractivity contribution >= 4 is 11.5 Å². The number of benzene rings is 1. The predicted octanol–water partition coefficient (Wildman–Crippen LogP) is 2.83. The molecule has 2 N–H and O–H groups in total. The highest BCUT2D eigenvalue weighted by Crippen LogP contribution is 2.07. The third-order valence-electron chi connectivity index (χ3n) is 2.00. The van der Waals surface area contributed by atoms with Crippen LogP contribution >= 0.6 is 0 Å². The lowest BCUT2D eigenvalue weighted by Crippen LogP contribution is -2.09. The van der Waals surface area contributed by atoms with Gasteiger partial charge in [-0.1, -0.05) is 24.3 Å². The van der Waals surface area contributed by atoms with E-state index in [1.807, 2.05) is 55.5 Å². The number of hydrogen-bond acceptors (Lipinski definition) is 3. The van der Waals surface area contributed by atoms with E-state index in [0.717, 1.165) is 17.2 Å². The third-order valence-corrected chi connectivity index (χ3v) is 2.00. The van der Waals surface area contributed by atoms with Crippen molar-refractivity contribution in [3.8, 4) is 0 Å². The van der Waals surface area contributed by atoms with Crippen LogP contribution in [0.1, 0.15) is 5.69 Å². The van der Waals surface area contributed by atoms with E-state index in [1.165, 1.54) is 0 Å². The maximum absolute atomic E-state index is 4.31. The number of hydrazine groups is 1. The predicted molar refractivity (Wildman–Crippen MR) is 62.7 cm³/mol. The smallest absolute Gasteiger partial charge is 0.144 e.